The standard InChI is InChI=1S/C10H12INO2/c1-10(2,9(12)13)14-8-5-3-7(11)4-6-8/h3-6H,1-2H3,(H2,12,13). The third kappa shape index (κ3) is 2.87. The Morgan fingerprint density at radius 3 is 2.29 bits per heavy atom. The number of primary amides is 1. The predicted octanol–water partition coefficient (Wildman–Crippen LogP) is 1.93. The Labute approximate surface area is 96.8 Å². The van der Waals surface area contributed by atoms with Crippen molar-refractivity contribution in [2.45, 2.75) is 19.4 Å². The zero-order valence-corrected chi connectivity index (χ0v) is 10.2. The second-order valence-electron chi connectivity index (χ2n) is 3.43. The summed E-state index contributed by atoms with van der Waals surface area (Å²) in [5.74, 6) is 0.172. The van der Waals surface area contributed by atoms with E-state index in [2.05, 4.69) is 22.6 Å². The highest BCUT2D eigenvalue weighted by molar-refractivity contribution is 14.1. The fraction of sp³-hybridized carbons (Fsp3) is 0.300. The van der Waals surface area contributed by atoms with Crippen LogP contribution < -0.4 is 10.5 Å². The van der Waals surface area contributed by atoms with Crippen molar-refractivity contribution in [1.29, 1.82) is 0 Å². The molecule has 1 rings (SSSR count). The van der Waals surface area contributed by atoms with Gasteiger partial charge in [-0.25, -0.2) is 0 Å². The van der Waals surface area contributed by atoms with E-state index in [1.54, 1.807) is 13.8 Å². The molecule has 0 aliphatic rings. The van der Waals surface area contributed by atoms with Crippen LogP contribution in [0.5, 0.6) is 5.75 Å². The molecule has 2 N–H and O–H groups in total. The summed E-state index contributed by atoms with van der Waals surface area (Å²) in [6, 6.07) is 7.44. The molecule has 0 fully saturated rings. The minimum absolute atomic E-state index is 0.476. The maximum atomic E-state index is 11.0. The fourth-order valence-corrected chi connectivity index (χ4v) is 1.21. The van der Waals surface area contributed by atoms with Crippen molar-refractivity contribution in [2.75, 3.05) is 0 Å². The molecule has 0 bridgehead atoms. The van der Waals surface area contributed by atoms with Crippen LogP contribution in [0.15, 0.2) is 24.3 Å². The minimum Gasteiger partial charge on any atom is -0.478 e. The van der Waals surface area contributed by atoms with Crippen molar-refractivity contribution in [2.24, 2.45) is 5.73 Å². The smallest absolute Gasteiger partial charge is 0.261 e. The van der Waals surface area contributed by atoms with Crippen LogP contribution in [0.1, 0.15) is 13.8 Å². The molecule has 14 heavy (non-hydrogen) atoms. The van der Waals surface area contributed by atoms with Crippen LogP contribution in [0, 0.1) is 3.57 Å². The highest BCUT2D eigenvalue weighted by Crippen LogP contribution is 2.19. The van der Waals surface area contributed by atoms with Gasteiger partial charge in [0.1, 0.15) is 5.75 Å². The average molecular weight is 305 g/mol. The van der Waals surface area contributed by atoms with Crippen molar-refractivity contribution < 1.29 is 9.53 Å². The summed E-state index contributed by atoms with van der Waals surface area (Å²) >= 11 is 2.20. The van der Waals surface area contributed by atoms with Gasteiger partial charge in [-0.15, -0.1) is 0 Å². The molecule has 76 valence electrons. The zero-order valence-electron chi connectivity index (χ0n) is 8.08. The van der Waals surface area contributed by atoms with Gasteiger partial charge in [-0.1, -0.05) is 0 Å². The molecule has 0 unspecified atom stereocenters. The van der Waals surface area contributed by atoms with Crippen molar-refractivity contribution in [3.63, 3.8) is 0 Å². The second kappa shape index (κ2) is 4.16. The third-order valence-corrected chi connectivity index (χ3v) is 2.50. The predicted molar refractivity (Wildman–Crippen MR) is 63.1 cm³/mol. The second-order valence-corrected chi connectivity index (χ2v) is 4.68. The number of carbonyl (C=O) groups excluding carboxylic acids is 1. The maximum absolute atomic E-state index is 11.0. The summed E-state index contributed by atoms with van der Waals surface area (Å²) in [7, 11) is 0. The van der Waals surface area contributed by atoms with Gasteiger partial charge >= 0.3 is 0 Å². The molecule has 0 aliphatic heterocycles. The Bertz CT molecular complexity index is 332. The topological polar surface area (TPSA) is 52.3 Å². The molecule has 0 spiro atoms. The third-order valence-electron chi connectivity index (χ3n) is 1.78. The van der Waals surface area contributed by atoms with E-state index in [4.69, 9.17) is 10.5 Å². The molecule has 0 radical (unpaired) electrons. The highest BCUT2D eigenvalue weighted by atomic mass is 127. The largest absolute Gasteiger partial charge is 0.478 e. The Morgan fingerprint density at radius 1 is 1.36 bits per heavy atom. The number of hydrogen-bond donors (Lipinski definition) is 1. The van der Waals surface area contributed by atoms with E-state index in [0.29, 0.717) is 5.75 Å². The van der Waals surface area contributed by atoms with Gasteiger partial charge in [-0.3, -0.25) is 4.79 Å². The van der Waals surface area contributed by atoms with E-state index in [0.717, 1.165) is 3.57 Å². The van der Waals surface area contributed by atoms with Crippen molar-refractivity contribution in [3.05, 3.63) is 27.8 Å². The molecule has 0 saturated carbocycles. The SMILES string of the molecule is CC(C)(Oc1ccc(I)cc1)C(N)=O. The van der Waals surface area contributed by atoms with Crippen LogP contribution in [-0.4, -0.2) is 11.5 Å². The van der Waals surface area contributed by atoms with E-state index in [1.165, 1.54) is 0 Å². The van der Waals surface area contributed by atoms with Crippen LogP contribution >= 0.6 is 22.6 Å². The Hall–Kier alpha value is -0.780. The molecule has 0 saturated heterocycles. The number of halogens is 1. The molecule has 1 aromatic carbocycles. The molecule has 1 amide bonds. The average Bonchev–Trinajstić information content (AvgIpc) is 2.08. The first kappa shape index (κ1) is 11.3. The molecule has 0 atom stereocenters. The van der Waals surface area contributed by atoms with Gasteiger partial charge in [0.25, 0.3) is 5.91 Å². The number of benzene rings is 1. The number of nitrogens with two attached hydrogens (primary N) is 1. The van der Waals surface area contributed by atoms with Crippen molar-refractivity contribution in [1.82, 2.24) is 0 Å². The summed E-state index contributed by atoms with van der Waals surface area (Å²) in [6.07, 6.45) is 0. The molecule has 0 aromatic heterocycles. The van der Waals surface area contributed by atoms with E-state index in [-0.39, 0.29) is 0 Å². The number of hydrogen-bond acceptors (Lipinski definition) is 2. The van der Waals surface area contributed by atoms with Gasteiger partial charge in [-0.05, 0) is 60.7 Å². The molecular weight excluding hydrogens is 293 g/mol. The Morgan fingerprint density at radius 2 is 1.86 bits per heavy atom. The summed E-state index contributed by atoms with van der Waals surface area (Å²) in [6.45, 7) is 3.29. The lowest BCUT2D eigenvalue weighted by Crippen LogP contribution is -2.43. The number of rotatable bonds is 3. The van der Waals surface area contributed by atoms with Crippen LogP contribution in [-0.2, 0) is 4.79 Å². The van der Waals surface area contributed by atoms with Crippen molar-refractivity contribution >= 4 is 28.5 Å². The van der Waals surface area contributed by atoms with E-state index in [1.807, 2.05) is 24.3 Å². The quantitative estimate of drug-likeness (QED) is 0.868. The first-order valence-electron chi connectivity index (χ1n) is 4.16. The normalized spacial score (nSPS) is 11.1. The lowest BCUT2D eigenvalue weighted by atomic mass is 10.1. The summed E-state index contributed by atoms with van der Waals surface area (Å²) in [5.41, 5.74) is 4.22. The van der Waals surface area contributed by atoms with Gasteiger partial charge < -0.3 is 10.5 Å². The monoisotopic (exact) mass is 305 g/mol. The molecular formula is C10H12INO2. The van der Waals surface area contributed by atoms with Gasteiger partial charge in [0.2, 0.25) is 0 Å². The van der Waals surface area contributed by atoms with Crippen LogP contribution in [0.4, 0.5) is 0 Å². The fourth-order valence-electron chi connectivity index (χ4n) is 0.848. The van der Waals surface area contributed by atoms with Gasteiger partial charge in [0.05, 0.1) is 0 Å². The Kier molecular flexibility index (Phi) is 3.36. The molecule has 0 aliphatic carbocycles. The first-order chi connectivity index (χ1) is 6.42. The lowest BCUT2D eigenvalue weighted by molar-refractivity contribution is -0.130. The summed E-state index contributed by atoms with van der Waals surface area (Å²) in [4.78, 5) is 11.0. The molecule has 1 aromatic rings. The van der Waals surface area contributed by atoms with Gasteiger partial charge in [0.15, 0.2) is 5.60 Å². The maximum Gasteiger partial charge on any atom is 0.261 e. The number of amides is 1. The van der Waals surface area contributed by atoms with Crippen LogP contribution in [0.25, 0.3) is 0 Å². The summed E-state index contributed by atoms with van der Waals surface area (Å²) in [5, 5.41) is 0. The van der Waals surface area contributed by atoms with E-state index < -0.39 is 11.5 Å². The van der Waals surface area contributed by atoms with Gasteiger partial charge in [-0.2, -0.15) is 0 Å². The van der Waals surface area contributed by atoms with Gasteiger partial charge in [0, 0.05) is 3.57 Å². The molecule has 0 heterocycles. The molecule has 4 heteroatoms. The first-order valence-corrected chi connectivity index (χ1v) is 5.24. The van der Waals surface area contributed by atoms with E-state index >= 15 is 0 Å². The number of ether oxygens (including phenoxy) is 1. The summed E-state index contributed by atoms with van der Waals surface area (Å²) < 4.78 is 6.56. The van der Waals surface area contributed by atoms with Crippen LogP contribution in [0.3, 0.4) is 0 Å². The zero-order chi connectivity index (χ0) is 10.8. The highest BCUT2D eigenvalue weighted by Gasteiger charge is 2.26. The number of carbonyl (C=O) groups is 1. The minimum atomic E-state index is -0.965. The van der Waals surface area contributed by atoms with Crippen LogP contribution in [0.2, 0.25) is 0 Å². The Balaban J connectivity index is 2.79. The molecule has 3 nitrogen and oxygen atoms in total. The lowest BCUT2D eigenvalue weighted by Gasteiger charge is -2.22. The van der Waals surface area contributed by atoms with Crippen molar-refractivity contribution in [3.8, 4) is 5.75 Å². The van der Waals surface area contributed by atoms with E-state index in [9.17, 15) is 4.79 Å².